The van der Waals surface area contributed by atoms with Gasteiger partial charge in [-0.05, 0) is 50.6 Å². The third-order valence-electron chi connectivity index (χ3n) is 6.68. The van der Waals surface area contributed by atoms with E-state index in [1.165, 1.54) is 6.07 Å². The number of para-hydroxylation sites is 1. The fourth-order valence-electron chi connectivity index (χ4n) is 4.48. The van der Waals surface area contributed by atoms with Crippen molar-refractivity contribution in [1.29, 1.82) is 0 Å². The van der Waals surface area contributed by atoms with Crippen LogP contribution in [0, 0.1) is 20.8 Å². The minimum Gasteiger partial charge on any atom is -0.319 e. The number of alkyl halides is 3. The van der Waals surface area contributed by atoms with Crippen molar-refractivity contribution in [3.05, 3.63) is 94.6 Å². The molecule has 3 heterocycles. The summed E-state index contributed by atoms with van der Waals surface area (Å²) >= 11 is 0. The number of amides is 1. The number of anilines is 1. The van der Waals surface area contributed by atoms with Gasteiger partial charge in [0.2, 0.25) is 0 Å². The first-order valence-corrected chi connectivity index (χ1v) is 11.9. The number of carbonyl (C=O) groups excluding carboxylic acids is 1. The molecule has 194 valence electrons. The molecule has 0 atom stereocenters. The average molecular weight is 519 g/mol. The average Bonchev–Trinajstić information content (AvgIpc) is 3.35. The van der Waals surface area contributed by atoms with Gasteiger partial charge in [-0.15, -0.1) is 0 Å². The van der Waals surface area contributed by atoms with Gasteiger partial charge in [0, 0.05) is 23.7 Å². The Kier molecular flexibility index (Phi) is 6.26. The normalized spacial score (nSPS) is 11.8. The lowest BCUT2D eigenvalue weighted by molar-refractivity contribution is -0.137. The van der Waals surface area contributed by atoms with E-state index in [2.05, 4.69) is 15.5 Å². The number of aromatic nitrogens is 5. The van der Waals surface area contributed by atoms with Crippen molar-refractivity contribution >= 4 is 22.5 Å². The fourth-order valence-corrected chi connectivity index (χ4v) is 4.48. The third-order valence-corrected chi connectivity index (χ3v) is 6.68. The quantitative estimate of drug-likeness (QED) is 0.306. The highest BCUT2D eigenvalue weighted by molar-refractivity contribution is 6.13. The number of hydrogen-bond donors (Lipinski definition) is 1. The van der Waals surface area contributed by atoms with Crippen LogP contribution in [0.1, 0.15) is 38.6 Å². The van der Waals surface area contributed by atoms with Gasteiger partial charge in [-0.25, -0.2) is 4.98 Å². The molecule has 1 amide bonds. The van der Waals surface area contributed by atoms with E-state index in [4.69, 9.17) is 4.98 Å². The number of nitrogens with one attached hydrogen (secondary N) is 1. The molecule has 1 N–H and O–H groups in total. The largest absolute Gasteiger partial charge is 0.416 e. The fraction of sp³-hybridized carbons (Fsp3) is 0.214. The number of benzene rings is 2. The van der Waals surface area contributed by atoms with Crippen LogP contribution in [-0.4, -0.2) is 30.5 Å². The molecule has 0 spiro atoms. The van der Waals surface area contributed by atoms with Gasteiger partial charge in [-0.3, -0.25) is 14.2 Å². The van der Waals surface area contributed by atoms with E-state index in [1.54, 1.807) is 41.5 Å². The summed E-state index contributed by atoms with van der Waals surface area (Å²) in [5.74, 6) is -0.337. The summed E-state index contributed by atoms with van der Waals surface area (Å²) in [7, 11) is 1.84. The molecule has 5 rings (SSSR count). The molecule has 0 aliphatic rings. The molecule has 7 nitrogen and oxygen atoms in total. The zero-order chi connectivity index (χ0) is 27.2. The van der Waals surface area contributed by atoms with Crippen LogP contribution in [0.3, 0.4) is 0 Å². The zero-order valence-corrected chi connectivity index (χ0v) is 21.3. The van der Waals surface area contributed by atoms with Crippen LogP contribution in [0.25, 0.3) is 22.2 Å². The van der Waals surface area contributed by atoms with E-state index >= 15 is 0 Å². The van der Waals surface area contributed by atoms with Crippen molar-refractivity contribution in [3.8, 4) is 11.3 Å². The smallest absolute Gasteiger partial charge is 0.319 e. The summed E-state index contributed by atoms with van der Waals surface area (Å²) < 4.78 is 42.8. The minimum atomic E-state index is -4.43. The van der Waals surface area contributed by atoms with Gasteiger partial charge in [0.05, 0.1) is 52.2 Å². The van der Waals surface area contributed by atoms with Crippen molar-refractivity contribution in [2.24, 2.45) is 7.05 Å². The van der Waals surface area contributed by atoms with Crippen molar-refractivity contribution in [3.63, 3.8) is 0 Å². The monoisotopic (exact) mass is 518 g/mol. The number of carbonyl (C=O) groups is 1. The lowest BCUT2D eigenvalue weighted by Crippen LogP contribution is -2.14. The van der Waals surface area contributed by atoms with Crippen LogP contribution >= 0.6 is 0 Å². The predicted molar refractivity (Wildman–Crippen MR) is 139 cm³/mol. The van der Waals surface area contributed by atoms with Crippen LogP contribution in [0.4, 0.5) is 18.9 Å². The van der Waals surface area contributed by atoms with Crippen molar-refractivity contribution < 1.29 is 18.0 Å². The Bertz CT molecular complexity index is 1680. The highest BCUT2D eigenvalue weighted by atomic mass is 19.4. The molecule has 0 aliphatic heterocycles. The second-order valence-corrected chi connectivity index (χ2v) is 9.20. The van der Waals surface area contributed by atoms with Gasteiger partial charge in [0.15, 0.2) is 0 Å². The van der Waals surface area contributed by atoms with Crippen molar-refractivity contribution in [2.75, 3.05) is 5.32 Å². The minimum absolute atomic E-state index is 0.134. The lowest BCUT2D eigenvalue weighted by Gasteiger charge is -2.12. The van der Waals surface area contributed by atoms with Crippen LogP contribution in [0.2, 0.25) is 0 Å². The number of rotatable bonds is 5. The van der Waals surface area contributed by atoms with Gasteiger partial charge in [-0.2, -0.15) is 23.4 Å². The molecule has 3 aromatic heterocycles. The van der Waals surface area contributed by atoms with Crippen LogP contribution in [0.5, 0.6) is 0 Å². The van der Waals surface area contributed by atoms with Crippen molar-refractivity contribution in [2.45, 2.75) is 33.5 Å². The standard InChI is InChI=1S/C28H25F3N6O/c1-16-26(18(3)37(35-16)15-19-8-7-9-20(12-19)28(29,30)31)34-27(38)22-13-25(23-14-32-36(4)17(23)2)33-24-11-6-5-10-21(22)24/h5-14H,15H2,1-4H3,(H,34,38). The van der Waals surface area contributed by atoms with Crippen LogP contribution in [-0.2, 0) is 19.8 Å². The van der Waals surface area contributed by atoms with E-state index < -0.39 is 11.7 Å². The maximum atomic E-state index is 13.6. The topological polar surface area (TPSA) is 77.6 Å². The molecule has 38 heavy (non-hydrogen) atoms. The number of fused-ring (bicyclic) bond motifs is 1. The summed E-state index contributed by atoms with van der Waals surface area (Å²) in [6.45, 7) is 5.60. The summed E-state index contributed by atoms with van der Waals surface area (Å²) in [5, 5.41) is 12.5. The lowest BCUT2D eigenvalue weighted by atomic mass is 10.0. The summed E-state index contributed by atoms with van der Waals surface area (Å²) in [6.07, 6.45) is -2.70. The van der Waals surface area contributed by atoms with E-state index in [9.17, 15) is 18.0 Å². The molecule has 5 aromatic rings. The molecule has 2 aromatic carbocycles. The molecule has 0 aliphatic carbocycles. The number of pyridine rings is 1. The number of nitrogens with zero attached hydrogens (tertiary/aromatic N) is 5. The van der Waals surface area contributed by atoms with E-state index in [0.29, 0.717) is 44.8 Å². The first kappa shape index (κ1) is 25.2. The number of aryl methyl sites for hydroxylation is 2. The molecule has 0 saturated carbocycles. The Morgan fingerprint density at radius 2 is 1.76 bits per heavy atom. The van der Waals surface area contributed by atoms with E-state index in [-0.39, 0.29) is 12.5 Å². The van der Waals surface area contributed by atoms with Gasteiger partial charge >= 0.3 is 6.18 Å². The highest BCUT2D eigenvalue weighted by Gasteiger charge is 2.30. The number of hydrogen-bond acceptors (Lipinski definition) is 4. The Labute approximate surface area is 216 Å². The van der Waals surface area contributed by atoms with Gasteiger partial charge in [0.1, 0.15) is 0 Å². The molecular weight excluding hydrogens is 493 g/mol. The molecular formula is C28H25F3N6O. The van der Waals surface area contributed by atoms with Gasteiger partial charge < -0.3 is 5.32 Å². The zero-order valence-electron chi connectivity index (χ0n) is 21.3. The Balaban J connectivity index is 1.48. The molecule has 0 fully saturated rings. The Morgan fingerprint density at radius 3 is 2.47 bits per heavy atom. The Hall–Kier alpha value is -4.47. The molecule has 0 saturated heterocycles. The van der Waals surface area contributed by atoms with E-state index in [0.717, 1.165) is 23.4 Å². The number of halogens is 3. The maximum Gasteiger partial charge on any atom is 0.416 e. The summed E-state index contributed by atoms with van der Waals surface area (Å²) in [5.41, 5.74) is 4.95. The second kappa shape index (κ2) is 9.44. The van der Waals surface area contributed by atoms with E-state index in [1.807, 2.05) is 38.2 Å². The highest BCUT2D eigenvalue weighted by Crippen LogP contribution is 2.31. The molecule has 0 bridgehead atoms. The summed E-state index contributed by atoms with van der Waals surface area (Å²) in [6, 6.07) is 14.3. The molecule has 10 heteroatoms. The van der Waals surface area contributed by atoms with Crippen LogP contribution in [0.15, 0.2) is 60.8 Å². The maximum absolute atomic E-state index is 13.6. The summed E-state index contributed by atoms with van der Waals surface area (Å²) in [4.78, 5) is 18.4. The van der Waals surface area contributed by atoms with Gasteiger partial charge in [0.25, 0.3) is 5.91 Å². The van der Waals surface area contributed by atoms with Gasteiger partial charge in [-0.1, -0.05) is 30.3 Å². The molecule has 0 unspecified atom stereocenters. The van der Waals surface area contributed by atoms with Crippen molar-refractivity contribution in [1.82, 2.24) is 24.5 Å². The third kappa shape index (κ3) is 4.65. The van der Waals surface area contributed by atoms with Crippen LogP contribution < -0.4 is 5.32 Å². The predicted octanol–water partition coefficient (Wildman–Crippen LogP) is 6.08. The molecule has 0 radical (unpaired) electrons. The Morgan fingerprint density at radius 1 is 1.00 bits per heavy atom. The second-order valence-electron chi connectivity index (χ2n) is 9.20. The first-order chi connectivity index (χ1) is 18.0. The first-order valence-electron chi connectivity index (χ1n) is 11.9. The SMILES string of the molecule is Cc1nn(Cc2cccc(C(F)(F)F)c2)c(C)c1NC(=O)c1cc(-c2cnn(C)c2C)nc2ccccc12.